The summed E-state index contributed by atoms with van der Waals surface area (Å²) in [5.41, 5.74) is 0. The molecule has 114 valence electrons. The molecule has 1 aliphatic rings. The Morgan fingerprint density at radius 1 is 1.05 bits per heavy atom. The fraction of sp³-hybridized carbons (Fsp3) is 1.00. The third-order valence-corrected chi connectivity index (χ3v) is 4.53. The zero-order chi connectivity index (χ0) is 14.4. The van der Waals surface area contributed by atoms with Gasteiger partial charge in [-0.1, -0.05) is 13.8 Å². The van der Waals surface area contributed by atoms with Crippen LogP contribution in [-0.2, 0) is 0 Å². The smallest absolute Gasteiger partial charge is 0.0195 e. The molecule has 3 nitrogen and oxygen atoms in total. The summed E-state index contributed by atoms with van der Waals surface area (Å²) in [6.07, 6.45) is 2.63. The van der Waals surface area contributed by atoms with Crippen LogP contribution in [0.5, 0.6) is 0 Å². The Kier molecular flexibility index (Phi) is 7.33. The third-order valence-electron chi connectivity index (χ3n) is 4.53. The van der Waals surface area contributed by atoms with Crippen LogP contribution in [0, 0.1) is 5.92 Å². The molecule has 0 radical (unpaired) electrons. The van der Waals surface area contributed by atoms with Gasteiger partial charge in [0, 0.05) is 44.3 Å². The molecule has 1 rings (SSSR count). The molecular weight excluding hydrogens is 234 g/mol. The van der Waals surface area contributed by atoms with Gasteiger partial charge in [0.25, 0.3) is 0 Å². The van der Waals surface area contributed by atoms with Crippen molar-refractivity contribution in [2.24, 2.45) is 5.92 Å². The lowest BCUT2D eigenvalue weighted by atomic mass is 10.0. The number of nitrogens with one attached hydrogen (secondary N) is 1. The lowest BCUT2D eigenvalue weighted by Gasteiger charge is -2.42. The first-order valence-corrected chi connectivity index (χ1v) is 8.07. The molecule has 1 heterocycles. The summed E-state index contributed by atoms with van der Waals surface area (Å²) in [6, 6.07) is 2.02. The van der Waals surface area contributed by atoms with Crippen LogP contribution in [0.4, 0.5) is 0 Å². The first-order valence-electron chi connectivity index (χ1n) is 8.07. The van der Waals surface area contributed by atoms with Crippen molar-refractivity contribution >= 4 is 0 Å². The monoisotopic (exact) mass is 269 g/mol. The maximum atomic E-state index is 3.67. The van der Waals surface area contributed by atoms with E-state index in [1.165, 1.54) is 32.5 Å². The largest absolute Gasteiger partial charge is 0.313 e. The van der Waals surface area contributed by atoms with E-state index in [-0.39, 0.29) is 0 Å². The van der Waals surface area contributed by atoms with Crippen LogP contribution >= 0.6 is 0 Å². The average molecular weight is 269 g/mol. The Balaban J connectivity index is 2.15. The molecule has 1 aliphatic heterocycles. The summed E-state index contributed by atoms with van der Waals surface area (Å²) in [6.45, 7) is 16.3. The van der Waals surface area contributed by atoms with E-state index in [1.54, 1.807) is 0 Å². The van der Waals surface area contributed by atoms with Gasteiger partial charge >= 0.3 is 0 Å². The Labute approximate surface area is 120 Å². The topological polar surface area (TPSA) is 18.5 Å². The maximum absolute atomic E-state index is 3.67. The van der Waals surface area contributed by atoms with Crippen molar-refractivity contribution in [3.63, 3.8) is 0 Å². The van der Waals surface area contributed by atoms with Crippen LogP contribution in [0.25, 0.3) is 0 Å². The van der Waals surface area contributed by atoms with Gasteiger partial charge in [-0.2, -0.15) is 0 Å². The molecule has 0 saturated carbocycles. The van der Waals surface area contributed by atoms with Crippen molar-refractivity contribution in [3.05, 3.63) is 0 Å². The number of rotatable bonds is 7. The molecule has 1 saturated heterocycles. The highest BCUT2D eigenvalue weighted by Gasteiger charge is 2.25. The molecule has 0 spiro atoms. The first kappa shape index (κ1) is 16.9. The fourth-order valence-electron chi connectivity index (χ4n) is 2.85. The molecule has 0 bridgehead atoms. The van der Waals surface area contributed by atoms with Gasteiger partial charge < -0.3 is 5.32 Å². The summed E-state index contributed by atoms with van der Waals surface area (Å²) in [4.78, 5) is 5.10. The Morgan fingerprint density at radius 2 is 1.63 bits per heavy atom. The van der Waals surface area contributed by atoms with Crippen LogP contribution in [0.3, 0.4) is 0 Å². The van der Waals surface area contributed by atoms with Crippen LogP contribution < -0.4 is 5.32 Å². The quantitative estimate of drug-likeness (QED) is 0.766. The van der Waals surface area contributed by atoms with Crippen LogP contribution in [-0.4, -0.2) is 61.2 Å². The van der Waals surface area contributed by atoms with Gasteiger partial charge in [0.05, 0.1) is 0 Å². The van der Waals surface area contributed by atoms with E-state index < -0.39 is 0 Å². The number of hydrogen-bond donors (Lipinski definition) is 1. The molecule has 0 aliphatic carbocycles. The molecule has 0 amide bonds. The van der Waals surface area contributed by atoms with Crippen molar-refractivity contribution in [1.29, 1.82) is 0 Å². The molecule has 1 N–H and O–H groups in total. The van der Waals surface area contributed by atoms with Crippen LogP contribution in [0.2, 0.25) is 0 Å². The molecule has 3 heteroatoms. The molecule has 19 heavy (non-hydrogen) atoms. The molecular formula is C16H35N3. The highest BCUT2D eigenvalue weighted by Crippen LogP contribution is 2.12. The highest BCUT2D eigenvalue weighted by molar-refractivity contribution is 4.82. The molecule has 3 atom stereocenters. The van der Waals surface area contributed by atoms with E-state index in [4.69, 9.17) is 0 Å². The molecule has 0 aromatic carbocycles. The van der Waals surface area contributed by atoms with Gasteiger partial charge in [-0.25, -0.2) is 0 Å². The molecule has 0 aromatic rings. The minimum Gasteiger partial charge on any atom is -0.313 e. The third kappa shape index (κ3) is 6.24. The minimum absolute atomic E-state index is 0.657. The fourth-order valence-corrected chi connectivity index (χ4v) is 2.85. The predicted molar refractivity (Wildman–Crippen MR) is 84.7 cm³/mol. The van der Waals surface area contributed by atoms with Gasteiger partial charge in [-0.15, -0.1) is 0 Å². The molecule has 1 fully saturated rings. The summed E-state index contributed by atoms with van der Waals surface area (Å²) in [5.74, 6) is 0.823. The zero-order valence-corrected chi connectivity index (χ0v) is 13.9. The van der Waals surface area contributed by atoms with E-state index in [0.29, 0.717) is 18.1 Å². The normalized spacial score (nSPS) is 27.9. The lowest BCUT2D eigenvalue weighted by molar-refractivity contribution is 0.0603. The minimum atomic E-state index is 0.657. The van der Waals surface area contributed by atoms with E-state index in [2.05, 4.69) is 56.8 Å². The lowest BCUT2D eigenvalue weighted by Crippen LogP contribution is -2.56. The van der Waals surface area contributed by atoms with E-state index >= 15 is 0 Å². The second kappa shape index (κ2) is 8.23. The number of piperazine rings is 1. The van der Waals surface area contributed by atoms with Crippen molar-refractivity contribution < 1.29 is 0 Å². The summed E-state index contributed by atoms with van der Waals surface area (Å²) in [5, 5.41) is 3.67. The van der Waals surface area contributed by atoms with E-state index in [9.17, 15) is 0 Å². The summed E-state index contributed by atoms with van der Waals surface area (Å²) in [7, 11) is 2.25. The molecule has 3 unspecified atom stereocenters. The van der Waals surface area contributed by atoms with E-state index in [0.717, 1.165) is 12.5 Å². The number of likely N-dealkylation sites (N-methyl/N-ethyl adjacent to an activating group) is 1. The highest BCUT2D eigenvalue weighted by atomic mass is 15.3. The van der Waals surface area contributed by atoms with Crippen LogP contribution in [0.15, 0.2) is 0 Å². The zero-order valence-electron chi connectivity index (χ0n) is 13.9. The molecule has 0 aromatic heterocycles. The second-order valence-corrected chi connectivity index (χ2v) is 6.95. The van der Waals surface area contributed by atoms with Crippen molar-refractivity contribution in [3.8, 4) is 0 Å². The van der Waals surface area contributed by atoms with Gasteiger partial charge in [-0.05, 0) is 46.6 Å². The SMILES string of the molecule is CC(C)CCC(C)NCCN1CC(C)N(C)C(C)C1. The van der Waals surface area contributed by atoms with Crippen molar-refractivity contribution in [1.82, 2.24) is 15.1 Å². The van der Waals surface area contributed by atoms with Gasteiger partial charge in [-0.3, -0.25) is 9.80 Å². The Bertz CT molecular complexity index is 230. The van der Waals surface area contributed by atoms with Gasteiger partial charge in [0.1, 0.15) is 0 Å². The maximum Gasteiger partial charge on any atom is 0.0195 e. The first-order chi connectivity index (χ1) is 8.90. The number of nitrogens with zero attached hydrogens (tertiary/aromatic N) is 2. The summed E-state index contributed by atoms with van der Waals surface area (Å²) >= 11 is 0. The van der Waals surface area contributed by atoms with Gasteiger partial charge in [0.15, 0.2) is 0 Å². The Morgan fingerprint density at radius 3 is 2.16 bits per heavy atom. The second-order valence-electron chi connectivity index (χ2n) is 6.95. The standard InChI is InChI=1S/C16H35N3/c1-13(2)7-8-14(3)17-9-10-19-11-15(4)18(6)16(5)12-19/h13-17H,7-12H2,1-6H3. The summed E-state index contributed by atoms with van der Waals surface area (Å²) < 4.78 is 0. The van der Waals surface area contributed by atoms with E-state index in [1.807, 2.05) is 0 Å². The number of hydrogen-bond acceptors (Lipinski definition) is 3. The average Bonchev–Trinajstić information content (AvgIpc) is 2.33. The van der Waals surface area contributed by atoms with Crippen molar-refractivity contribution in [2.75, 3.05) is 33.2 Å². The van der Waals surface area contributed by atoms with Crippen LogP contribution in [0.1, 0.15) is 47.5 Å². The van der Waals surface area contributed by atoms with Crippen molar-refractivity contribution in [2.45, 2.75) is 65.6 Å². The Hall–Kier alpha value is -0.120. The van der Waals surface area contributed by atoms with Gasteiger partial charge in [0.2, 0.25) is 0 Å². The predicted octanol–water partition coefficient (Wildman–Crippen LogP) is 2.43.